The summed E-state index contributed by atoms with van der Waals surface area (Å²) in [7, 11) is 1.60. The minimum Gasteiger partial charge on any atom is -0.481 e. The second-order valence-corrected chi connectivity index (χ2v) is 3.36. The van der Waals surface area contributed by atoms with Crippen LogP contribution in [0.15, 0.2) is 30.3 Å². The molecule has 1 heterocycles. The molecule has 1 aromatic carbocycles. The van der Waals surface area contributed by atoms with Gasteiger partial charge in [0, 0.05) is 6.07 Å². The lowest BCUT2D eigenvalue weighted by atomic mass is 10.2. The van der Waals surface area contributed by atoms with E-state index < -0.39 is 0 Å². The molecule has 4 nitrogen and oxygen atoms in total. The minimum atomic E-state index is 0.452. The number of nitrogens with two attached hydrogens (primary N) is 1. The van der Waals surface area contributed by atoms with Crippen LogP contribution in [-0.4, -0.2) is 16.9 Å². The van der Waals surface area contributed by atoms with Gasteiger partial charge < -0.3 is 10.5 Å². The fraction of sp³-hybridized carbons (Fsp3) is 0.182. The van der Waals surface area contributed by atoms with Crippen LogP contribution in [-0.2, 0) is 0 Å². The molecule has 0 unspecified atom stereocenters. The van der Waals surface area contributed by atoms with Crippen LogP contribution in [0.25, 0.3) is 5.69 Å². The number of ether oxygens (including phenoxy) is 1. The lowest BCUT2D eigenvalue weighted by molar-refractivity contribution is 0.383. The first kappa shape index (κ1) is 9.58. The van der Waals surface area contributed by atoms with Gasteiger partial charge in [-0.3, -0.25) is 0 Å². The summed E-state index contributed by atoms with van der Waals surface area (Å²) in [6.07, 6.45) is 0. The summed E-state index contributed by atoms with van der Waals surface area (Å²) in [5.41, 5.74) is 7.74. The van der Waals surface area contributed by atoms with Crippen molar-refractivity contribution >= 4 is 5.82 Å². The van der Waals surface area contributed by atoms with Gasteiger partial charge in [-0.25, -0.2) is 0 Å². The maximum absolute atomic E-state index is 5.62. The van der Waals surface area contributed by atoms with Crippen molar-refractivity contribution in [3.8, 4) is 11.6 Å². The molecule has 4 heteroatoms. The van der Waals surface area contributed by atoms with Crippen molar-refractivity contribution in [1.82, 2.24) is 9.78 Å². The first-order valence-corrected chi connectivity index (χ1v) is 4.67. The molecule has 0 amide bonds. The highest BCUT2D eigenvalue weighted by molar-refractivity contribution is 5.43. The van der Waals surface area contributed by atoms with Crippen molar-refractivity contribution < 1.29 is 4.74 Å². The Morgan fingerprint density at radius 3 is 2.80 bits per heavy atom. The Bertz CT molecular complexity index is 476. The molecule has 0 aliphatic carbocycles. The summed E-state index contributed by atoms with van der Waals surface area (Å²) in [5, 5.41) is 4.16. The number of hydrogen-bond acceptors (Lipinski definition) is 3. The van der Waals surface area contributed by atoms with Crippen molar-refractivity contribution in [2.45, 2.75) is 6.92 Å². The third-order valence-electron chi connectivity index (χ3n) is 2.15. The van der Waals surface area contributed by atoms with Crippen molar-refractivity contribution in [3.05, 3.63) is 35.9 Å². The number of anilines is 1. The Balaban J connectivity index is 2.53. The molecule has 2 aromatic rings. The van der Waals surface area contributed by atoms with E-state index in [9.17, 15) is 0 Å². The monoisotopic (exact) mass is 203 g/mol. The molecule has 0 aliphatic rings. The van der Waals surface area contributed by atoms with Gasteiger partial charge in [0.1, 0.15) is 5.82 Å². The van der Waals surface area contributed by atoms with Crippen molar-refractivity contribution in [2.24, 2.45) is 0 Å². The normalized spacial score (nSPS) is 10.3. The predicted octanol–water partition coefficient (Wildman–Crippen LogP) is 1.77. The lowest BCUT2D eigenvalue weighted by Gasteiger charge is -2.05. The number of aryl methyl sites for hydroxylation is 1. The molecule has 0 radical (unpaired) electrons. The van der Waals surface area contributed by atoms with Crippen LogP contribution in [0.4, 0.5) is 5.82 Å². The van der Waals surface area contributed by atoms with Gasteiger partial charge in [0.05, 0.1) is 12.8 Å². The van der Waals surface area contributed by atoms with Gasteiger partial charge in [0.2, 0.25) is 5.88 Å². The standard InChI is InChI=1S/C11H13N3O/c1-8-4-3-5-9(6-8)14-11(15-2)7-10(12)13-14/h3-7H,1-2H3,(H2,12,13). The molecule has 78 valence electrons. The Hall–Kier alpha value is -1.97. The number of hydrogen-bond donors (Lipinski definition) is 1. The van der Waals surface area contributed by atoms with Crippen LogP contribution in [0.3, 0.4) is 0 Å². The van der Waals surface area contributed by atoms with Crippen LogP contribution in [0, 0.1) is 6.92 Å². The third-order valence-corrected chi connectivity index (χ3v) is 2.15. The number of rotatable bonds is 2. The largest absolute Gasteiger partial charge is 0.481 e. The zero-order chi connectivity index (χ0) is 10.8. The fourth-order valence-electron chi connectivity index (χ4n) is 1.47. The third kappa shape index (κ3) is 1.79. The second-order valence-electron chi connectivity index (χ2n) is 3.36. The van der Waals surface area contributed by atoms with E-state index >= 15 is 0 Å². The Labute approximate surface area is 88.3 Å². The van der Waals surface area contributed by atoms with Crippen molar-refractivity contribution in [2.75, 3.05) is 12.8 Å². The fourth-order valence-corrected chi connectivity index (χ4v) is 1.47. The Kier molecular flexibility index (Phi) is 2.33. The second kappa shape index (κ2) is 3.65. The highest BCUT2D eigenvalue weighted by Gasteiger charge is 2.07. The van der Waals surface area contributed by atoms with E-state index in [0.29, 0.717) is 11.7 Å². The van der Waals surface area contributed by atoms with Gasteiger partial charge in [-0.05, 0) is 24.6 Å². The number of benzene rings is 1. The molecule has 0 atom stereocenters. The molecule has 1 aromatic heterocycles. The minimum absolute atomic E-state index is 0.452. The summed E-state index contributed by atoms with van der Waals surface area (Å²) >= 11 is 0. The average molecular weight is 203 g/mol. The first-order valence-electron chi connectivity index (χ1n) is 4.67. The van der Waals surface area contributed by atoms with Crippen LogP contribution in [0.1, 0.15) is 5.56 Å². The topological polar surface area (TPSA) is 53.1 Å². The highest BCUT2D eigenvalue weighted by Crippen LogP contribution is 2.20. The van der Waals surface area contributed by atoms with Crippen LogP contribution >= 0.6 is 0 Å². The van der Waals surface area contributed by atoms with Gasteiger partial charge in [-0.2, -0.15) is 4.68 Å². The van der Waals surface area contributed by atoms with E-state index in [0.717, 1.165) is 5.69 Å². The summed E-state index contributed by atoms with van der Waals surface area (Å²) in [4.78, 5) is 0. The number of nitrogens with zero attached hydrogens (tertiary/aromatic N) is 2. The quantitative estimate of drug-likeness (QED) is 0.809. The van der Waals surface area contributed by atoms with Gasteiger partial charge in [-0.1, -0.05) is 12.1 Å². The Morgan fingerprint density at radius 1 is 1.33 bits per heavy atom. The van der Waals surface area contributed by atoms with Crippen molar-refractivity contribution in [3.63, 3.8) is 0 Å². The molecule has 2 rings (SSSR count). The molecule has 0 bridgehead atoms. The maximum atomic E-state index is 5.62. The predicted molar refractivity (Wildman–Crippen MR) is 59.3 cm³/mol. The molecule has 2 N–H and O–H groups in total. The molecule has 15 heavy (non-hydrogen) atoms. The maximum Gasteiger partial charge on any atom is 0.218 e. The zero-order valence-electron chi connectivity index (χ0n) is 8.77. The summed E-state index contributed by atoms with van der Waals surface area (Å²) < 4.78 is 6.86. The van der Waals surface area contributed by atoms with Gasteiger partial charge >= 0.3 is 0 Å². The molecule has 0 fully saturated rings. The summed E-state index contributed by atoms with van der Waals surface area (Å²) in [6.45, 7) is 2.03. The van der Waals surface area contributed by atoms with Crippen LogP contribution in [0.2, 0.25) is 0 Å². The van der Waals surface area contributed by atoms with E-state index in [1.54, 1.807) is 17.9 Å². The van der Waals surface area contributed by atoms with E-state index in [1.807, 2.05) is 31.2 Å². The molecule has 0 aliphatic heterocycles. The van der Waals surface area contributed by atoms with E-state index in [2.05, 4.69) is 5.10 Å². The molecule has 0 saturated heterocycles. The van der Waals surface area contributed by atoms with E-state index in [-0.39, 0.29) is 0 Å². The molecular weight excluding hydrogens is 190 g/mol. The highest BCUT2D eigenvalue weighted by atomic mass is 16.5. The molecule has 0 spiro atoms. The SMILES string of the molecule is COc1cc(N)nn1-c1cccc(C)c1. The van der Waals surface area contributed by atoms with E-state index in [1.165, 1.54) is 5.56 Å². The smallest absolute Gasteiger partial charge is 0.218 e. The zero-order valence-corrected chi connectivity index (χ0v) is 8.77. The average Bonchev–Trinajstić information content (AvgIpc) is 2.59. The first-order chi connectivity index (χ1) is 7.20. The molecular formula is C11H13N3O. The molecule has 0 saturated carbocycles. The van der Waals surface area contributed by atoms with Gasteiger partial charge in [0.25, 0.3) is 0 Å². The van der Waals surface area contributed by atoms with Crippen molar-refractivity contribution in [1.29, 1.82) is 0 Å². The van der Waals surface area contributed by atoms with Crippen LogP contribution < -0.4 is 10.5 Å². The summed E-state index contributed by atoms with van der Waals surface area (Å²) in [5.74, 6) is 1.09. The number of nitrogen functional groups attached to an aromatic ring is 1. The van der Waals surface area contributed by atoms with Crippen LogP contribution in [0.5, 0.6) is 5.88 Å². The lowest BCUT2D eigenvalue weighted by Crippen LogP contribution is -2.00. The van der Waals surface area contributed by atoms with Gasteiger partial charge in [0.15, 0.2) is 0 Å². The van der Waals surface area contributed by atoms with E-state index in [4.69, 9.17) is 10.5 Å². The van der Waals surface area contributed by atoms with Gasteiger partial charge in [-0.15, -0.1) is 5.10 Å². The number of aromatic nitrogens is 2. The Morgan fingerprint density at radius 2 is 2.13 bits per heavy atom. The summed E-state index contributed by atoms with van der Waals surface area (Å²) in [6, 6.07) is 9.68. The number of methoxy groups -OCH3 is 1.